The van der Waals surface area contributed by atoms with Crippen LogP contribution in [0.25, 0.3) is 0 Å². The standard InChI is InChI=1S/C21H29ClO3/c1-12(23)21(25)9-6-16-14-11-18(22)17-10-13(24)4-7-19(17,2)15(14)5-8-20(16,21)3/h10-11,13-16,24-25H,4-9H2,1-3H3/t13-,14?,15-,16-,19+,20-,21-/m0/s1. The molecule has 4 aliphatic rings. The summed E-state index contributed by atoms with van der Waals surface area (Å²) >= 11 is 6.69. The molecule has 2 N–H and O–H groups in total. The summed E-state index contributed by atoms with van der Waals surface area (Å²) in [6, 6.07) is 0. The normalized spacial score (nSPS) is 51.8. The molecule has 25 heavy (non-hydrogen) atoms. The summed E-state index contributed by atoms with van der Waals surface area (Å²) in [5, 5.41) is 22.0. The number of aliphatic hydroxyl groups is 2. The second kappa shape index (κ2) is 5.43. The molecule has 0 aromatic rings. The van der Waals surface area contributed by atoms with Gasteiger partial charge in [0.05, 0.1) is 6.10 Å². The van der Waals surface area contributed by atoms with Crippen LogP contribution in [0.1, 0.15) is 59.3 Å². The van der Waals surface area contributed by atoms with Crippen LogP contribution in [0.4, 0.5) is 0 Å². The summed E-state index contributed by atoms with van der Waals surface area (Å²) in [4.78, 5) is 12.3. The number of halogens is 1. The van der Waals surface area contributed by atoms with E-state index < -0.39 is 11.7 Å². The fourth-order valence-corrected chi connectivity index (χ4v) is 7.24. The van der Waals surface area contributed by atoms with Crippen LogP contribution in [0.5, 0.6) is 0 Å². The molecule has 0 aromatic heterocycles. The van der Waals surface area contributed by atoms with Gasteiger partial charge in [0.1, 0.15) is 5.60 Å². The Morgan fingerprint density at radius 2 is 1.80 bits per heavy atom. The lowest BCUT2D eigenvalue weighted by Gasteiger charge is -2.57. The average Bonchev–Trinajstić information content (AvgIpc) is 2.83. The van der Waals surface area contributed by atoms with Crippen molar-refractivity contribution >= 4 is 17.4 Å². The van der Waals surface area contributed by atoms with E-state index in [1.54, 1.807) is 0 Å². The van der Waals surface area contributed by atoms with E-state index in [1.807, 2.05) is 6.08 Å². The first-order valence-corrected chi connectivity index (χ1v) is 10.0. The fraction of sp³-hybridized carbons (Fsp3) is 0.762. The van der Waals surface area contributed by atoms with Gasteiger partial charge in [0, 0.05) is 10.4 Å². The van der Waals surface area contributed by atoms with Gasteiger partial charge >= 0.3 is 0 Å². The summed E-state index contributed by atoms with van der Waals surface area (Å²) < 4.78 is 0. The van der Waals surface area contributed by atoms with Gasteiger partial charge in [-0.1, -0.05) is 37.6 Å². The Kier molecular flexibility index (Phi) is 3.86. The molecule has 3 nitrogen and oxygen atoms in total. The molecule has 0 saturated heterocycles. The van der Waals surface area contributed by atoms with E-state index in [2.05, 4.69) is 19.9 Å². The van der Waals surface area contributed by atoms with E-state index in [0.717, 1.165) is 42.7 Å². The number of Topliss-reactive ketones (excluding diaryl/α,β-unsaturated/α-hetero) is 1. The molecule has 0 bridgehead atoms. The minimum Gasteiger partial charge on any atom is -0.389 e. The molecule has 0 aliphatic heterocycles. The van der Waals surface area contributed by atoms with Crippen molar-refractivity contribution < 1.29 is 15.0 Å². The number of carbonyl (C=O) groups is 1. The van der Waals surface area contributed by atoms with Crippen LogP contribution < -0.4 is 0 Å². The summed E-state index contributed by atoms with van der Waals surface area (Å²) in [5.74, 6) is 0.978. The Labute approximate surface area is 155 Å². The Morgan fingerprint density at radius 3 is 2.48 bits per heavy atom. The van der Waals surface area contributed by atoms with Gasteiger partial charge in [-0.25, -0.2) is 0 Å². The van der Waals surface area contributed by atoms with Crippen molar-refractivity contribution in [1.82, 2.24) is 0 Å². The number of ketones is 1. The maximum atomic E-state index is 12.3. The SMILES string of the molecule is CC(=O)[C@@]1(O)CC[C@H]2C3C=C(Cl)C4=C[C@@H](O)CC[C@]4(C)[C@H]3CC[C@@]21C. The van der Waals surface area contributed by atoms with Crippen molar-refractivity contribution in [2.45, 2.75) is 71.0 Å². The minimum atomic E-state index is -1.19. The van der Waals surface area contributed by atoms with E-state index in [4.69, 9.17) is 11.6 Å². The van der Waals surface area contributed by atoms with Crippen molar-refractivity contribution in [2.24, 2.45) is 28.6 Å². The summed E-state index contributed by atoms with van der Waals surface area (Å²) in [6.45, 7) is 5.95. The third-order valence-electron chi connectivity index (χ3n) is 8.41. The highest BCUT2D eigenvalue weighted by molar-refractivity contribution is 6.32. The first-order valence-electron chi connectivity index (χ1n) is 9.65. The van der Waals surface area contributed by atoms with E-state index in [1.165, 1.54) is 6.92 Å². The van der Waals surface area contributed by atoms with E-state index in [-0.39, 0.29) is 16.6 Å². The predicted molar refractivity (Wildman–Crippen MR) is 98.0 cm³/mol. The summed E-state index contributed by atoms with van der Waals surface area (Å²) in [7, 11) is 0. The van der Waals surface area contributed by atoms with Gasteiger partial charge in [-0.3, -0.25) is 4.79 Å². The minimum absolute atomic E-state index is 0.00596. The second-order valence-electron chi connectivity index (χ2n) is 9.32. The first-order chi connectivity index (χ1) is 11.6. The topological polar surface area (TPSA) is 57.5 Å². The first kappa shape index (κ1) is 17.8. The number of rotatable bonds is 1. The van der Waals surface area contributed by atoms with Crippen LogP contribution in [0.2, 0.25) is 0 Å². The lowest BCUT2D eigenvalue weighted by molar-refractivity contribution is -0.156. The van der Waals surface area contributed by atoms with Gasteiger partial charge in [0.2, 0.25) is 0 Å². The molecular weight excluding hydrogens is 336 g/mol. The second-order valence-corrected chi connectivity index (χ2v) is 9.73. The van der Waals surface area contributed by atoms with Crippen LogP contribution >= 0.6 is 11.6 Å². The maximum absolute atomic E-state index is 12.3. The molecule has 2 saturated carbocycles. The zero-order valence-corrected chi connectivity index (χ0v) is 16.1. The molecule has 0 radical (unpaired) electrons. The molecule has 4 rings (SSSR count). The Balaban J connectivity index is 1.78. The van der Waals surface area contributed by atoms with Gasteiger partial charge in [0.25, 0.3) is 0 Å². The predicted octanol–water partition coefficient (Wildman–Crippen LogP) is 3.97. The van der Waals surface area contributed by atoms with Gasteiger partial charge in [-0.05, 0) is 74.2 Å². The lowest BCUT2D eigenvalue weighted by atomic mass is 9.48. The lowest BCUT2D eigenvalue weighted by Crippen LogP contribution is -2.56. The van der Waals surface area contributed by atoms with E-state index in [0.29, 0.717) is 24.2 Å². The molecule has 2 fully saturated rings. The molecule has 7 atom stereocenters. The summed E-state index contributed by atoms with van der Waals surface area (Å²) in [6.07, 6.45) is 8.79. The molecule has 0 spiro atoms. The highest BCUT2D eigenvalue weighted by Gasteiger charge is 2.65. The molecule has 4 aliphatic carbocycles. The van der Waals surface area contributed by atoms with Gasteiger partial charge in [0.15, 0.2) is 5.78 Å². The van der Waals surface area contributed by atoms with Crippen molar-refractivity contribution in [1.29, 1.82) is 0 Å². The van der Waals surface area contributed by atoms with Crippen molar-refractivity contribution in [2.75, 3.05) is 0 Å². The molecule has 4 heteroatoms. The van der Waals surface area contributed by atoms with Crippen LogP contribution in [0.15, 0.2) is 22.8 Å². The fourth-order valence-electron chi connectivity index (χ4n) is 6.81. The third-order valence-corrected chi connectivity index (χ3v) is 8.74. The van der Waals surface area contributed by atoms with Crippen LogP contribution in [0, 0.1) is 28.6 Å². The molecule has 0 aromatic carbocycles. The smallest absolute Gasteiger partial charge is 0.161 e. The van der Waals surface area contributed by atoms with E-state index >= 15 is 0 Å². The zero-order chi connectivity index (χ0) is 18.2. The number of fused-ring (bicyclic) bond motifs is 5. The molecule has 1 unspecified atom stereocenters. The van der Waals surface area contributed by atoms with Crippen LogP contribution in [-0.2, 0) is 4.79 Å². The van der Waals surface area contributed by atoms with E-state index in [9.17, 15) is 15.0 Å². The highest BCUT2D eigenvalue weighted by Crippen LogP contribution is 2.67. The van der Waals surface area contributed by atoms with Crippen molar-refractivity contribution in [3.63, 3.8) is 0 Å². The highest BCUT2D eigenvalue weighted by atomic mass is 35.5. The number of hydrogen-bond acceptors (Lipinski definition) is 3. The molecule has 0 amide bonds. The monoisotopic (exact) mass is 364 g/mol. The number of hydrogen-bond donors (Lipinski definition) is 2. The third kappa shape index (κ3) is 2.15. The van der Waals surface area contributed by atoms with Crippen LogP contribution in [-0.4, -0.2) is 27.7 Å². The quantitative estimate of drug-likeness (QED) is 0.740. The van der Waals surface area contributed by atoms with Gasteiger partial charge in [-0.15, -0.1) is 0 Å². The number of carbonyl (C=O) groups excluding carboxylic acids is 1. The van der Waals surface area contributed by atoms with Crippen molar-refractivity contribution in [3.8, 4) is 0 Å². The number of allylic oxidation sites excluding steroid dienone is 3. The zero-order valence-electron chi connectivity index (χ0n) is 15.4. The maximum Gasteiger partial charge on any atom is 0.161 e. The van der Waals surface area contributed by atoms with Gasteiger partial charge in [-0.2, -0.15) is 0 Å². The molecule has 138 valence electrons. The largest absolute Gasteiger partial charge is 0.389 e. The Bertz CT molecular complexity index is 683. The average molecular weight is 365 g/mol. The van der Waals surface area contributed by atoms with Crippen molar-refractivity contribution in [3.05, 3.63) is 22.8 Å². The Hall–Kier alpha value is -0.640. The summed E-state index contributed by atoms with van der Waals surface area (Å²) in [5.41, 5.74) is -0.450. The number of aliphatic hydroxyl groups excluding tert-OH is 1. The van der Waals surface area contributed by atoms with Gasteiger partial charge < -0.3 is 10.2 Å². The molecular formula is C21H29ClO3. The Morgan fingerprint density at radius 1 is 1.12 bits per heavy atom. The molecule has 0 heterocycles. The van der Waals surface area contributed by atoms with Crippen LogP contribution in [0.3, 0.4) is 0 Å².